The van der Waals surface area contributed by atoms with Crippen molar-refractivity contribution < 1.29 is 14.2 Å². The summed E-state index contributed by atoms with van der Waals surface area (Å²) in [6.45, 7) is 5.55. The number of hydrogen-bond acceptors (Lipinski definition) is 5. The number of fused-ring (bicyclic) bond motifs is 1. The van der Waals surface area contributed by atoms with Gasteiger partial charge < -0.3 is 24.8 Å². The minimum absolute atomic E-state index is 0.312. The molecule has 0 aliphatic carbocycles. The largest absolute Gasteiger partial charge is 0.493 e. The molecule has 5 nitrogen and oxygen atoms in total. The number of nitrogens with one attached hydrogen (secondary N) is 2. The van der Waals surface area contributed by atoms with Gasteiger partial charge in [-0.3, -0.25) is 0 Å². The molecular formula is C22H28N2O3. The summed E-state index contributed by atoms with van der Waals surface area (Å²) in [5.74, 6) is 2.50. The number of hydrogen-bond donors (Lipinski definition) is 2. The van der Waals surface area contributed by atoms with E-state index in [0.717, 1.165) is 35.8 Å². The van der Waals surface area contributed by atoms with Crippen molar-refractivity contribution in [3.05, 3.63) is 53.6 Å². The average Bonchev–Trinajstić information content (AvgIpc) is 2.74. The van der Waals surface area contributed by atoms with E-state index in [-0.39, 0.29) is 0 Å². The zero-order valence-electron chi connectivity index (χ0n) is 15.9. The lowest BCUT2D eigenvalue weighted by atomic mass is 9.92. The van der Waals surface area contributed by atoms with Crippen molar-refractivity contribution in [1.29, 1.82) is 0 Å². The summed E-state index contributed by atoms with van der Waals surface area (Å²) < 4.78 is 17.6. The van der Waals surface area contributed by atoms with E-state index in [4.69, 9.17) is 14.2 Å². The van der Waals surface area contributed by atoms with Gasteiger partial charge in [-0.25, -0.2) is 0 Å². The molecule has 5 heteroatoms. The van der Waals surface area contributed by atoms with Crippen molar-refractivity contribution in [2.45, 2.75) is 38.4 Å². The molecule has 2 heterocycles. The number of rotatable bonds is 6. The first kappa shape index (κ1) is 18.1. The minimum atomic E-state index is 0.312. The van der Waals surface area contributed by atoms with E-state index in [9.17, 15) is 0 Å². The van der Waals surface area contributed by atoms with Crippen LogP contribution in [-0.2, 0) is 6.54 Å². The molecule has 0 radical (unpaired) electrons. The van der Waals surface area contributed by atoms with Gasteiger partial charge in [0.1, 0.15) is 19.0 Å². The van der Waals surface area contributed by atoms with Crippen LogP contribution >= 0.6 is 0 Å². The van der Waals surface area contributed by atoms with Crippen LogP contribution < -0.4 is 24.8 Å². The Morgan fingerprint density at radius 2 is 1.96 bits per heavy atom. The number of piperidine rings is 1. The van der Waals surface area contributed by atoms with Gasteiger partial charge in [0.25, 0.3) is 0 Å². The molecular weight excluding hydrogens is 340 g/mol. The van der Waals surface area contributed by atoms with Crippen LogP contribution in [0.1, 0.15) is 36.9 Å². The molecule has 2 aliphatic heterocycles. The molecule has 4 rings (SSSR count). The molecule has 0 aromatic heterocycles. The Kier molecular flexibility index (Phi) is 5.80. The van der Waals surface area contributed by atoms with Gasteiger partial charge in [-0.2, -0.15) is 0 Å². The molecule has 2 aromatic carbocycles. The van der Waals surface area contributed by atoms with Gasteiger partial charge in [-0.05, 0) is 44.0 Å². The highest BCUT2D eigenvalue weighted by Gasteiger charge is 2.27. The Balaban J connectivity index is 1.55. The minimum Gasteiger partial charge on any atom is -0.493 e. The third kappa shape index (κ3) is 4.04. The summed E-state index contributed by atoms with van der Waals surface area (Å²) in [7, 11) is 0. The summed E-state index contributed by atoms with van der Waals surface area (Å²) in [6.07, 6.45) is 2.31. The van der Waals surface area contributed by atoms with E-state index < -0.39 is 0 Å². The van der Waals surface area contributed by atoms with Crippen LogP contribution in [0.5, 0.6) is 17.2 Å². The maximum atomic E-state index is 5.93. The Labute approximate surface area is 161 Å². The van der Waals surface area contributed by atoms with E-state index in [1.54, 1.807) is 0 Å². The summed E-state index contributed by atoms with van der Waals surface area (Å²) >= 11 is 0. The second-order valence-corrected chi connectivity index (χ2v) is 6.97. The van der Waals surface area contributed by atoms with Gasteiger partial charge in [0.05, 0.1) is 12.2 Å². The molecule has 1 fully saturated rings. The quantitative estimate of drug-likeness (QED) is 0.818. The van der Waals surface area contributed by atoms with Gasteiger partial charge >= 0.3 is 0 Å². The van der Waals surface area contributed by atoms with Crippen LogP contribution in [0.25, 0.3) is 0 Å². The first-order valence-electron chi connectivity index (χ1n) is 9.93. The molecule has 0 spiro atoms. The predicted molar refractivity (Wildman–Crippen MR) is 106 cm³/mol. The molecule has 1 saturated heterocycles. The third-order valence-electron chi connectivity index (χ3n) is 5.23. The topological polar surface area (TPSA) is 51.8 Å². The highest BCUT2D eigenvalue weighted by atomic mass is 16.6. The molecule has 2 aromatic rings. The van der Waals surface area contributed by atoms with E-state index in [0.29, 0.717) is 38.4 Å². The van der Waals surface area contributed by atoms with Crippen molar-refractivity contribution in [3.63, 3.8) is 0 Å². The first-order chi connectivity index (χ1) is 13.4. The molecule has 0 bridgehead atoms. The van der Waals surface area contributed by atoms with Crippen molar-refractivity contribution in [1.82, 2.24) is 10.6 Å². The van der Waals surface area contributed by atoms with E-state index in [1.807, 2.05) is 19.1 Å². The monoisotopic (exact) mass is 368 g/mol. The maximum Gasteiger partial charge on any atom is 0.169 e. The normalized spacial score (nSPS) is 21.7. The van der Waals surface area contributed by atoms with Gasteiger partial charge in [-0.15, -0.1) is 0 Å². The van der Waals surface area contributed by atoms with Crippen LogP contribution in [0.4, 0.5) is 0 Å². The fourth-order valence-corrected chi connectivity index (χ4v) is 3.97. The van der Waals surface area contributed by atoms with E-state index >= 15 is 0 Å². The zero-order valence-corrected chi connectivity index (χ0v) is 15.9. The van der Waals surface area contributed by atoms with Crippen LogP contribution in [0, 0.1) is 0 Å². The smallest absolute Gasteiger partial charge is 0.169 e. The van der Waals surface area contributed by atoms with Gasteiger partial charge in [0, 0.05) is 18.6 Å². The standard InChI is InChI=1S/C22H28N2O3/c1-2-25-19-10-11-20-22(27-14-13-26-20)17(19)15-24-18-9-6-12-23-21(18)16-7-4-3-5-8-16/h3-5,7-8,10-11,18,21,23-24H,2,6,9,12-15H2,1H3/t18-,21-/m0/s1. The highest BCUT2D eigenvalue weighted by Crippen LogP contribution is 2.39. The van der Waals surface area contributed by atoms with Crippen LogP contribution in [0.15, 0.2) is 42.5 Å². The Hall–Kier alpha value is -2.24. The molecule has 2 aliphatic rings. The fraction of sp³-hybridized carbons (Fsp3) is 0.455. The van der Waals surface area contributed by atoms with E-state index in [1.165, 1.54) is 12.0 Å². The summed E-state index contributed by atoms with van der Waals surface area (Å²) in [4.78, 5) is 0. The third-order valence-corrected chi connectivity index (χ3v) is 5.23. The molecule has 2 N–H and O–H groups in total. The molecule has 0 amide bonds. The molecule has 0 saturated carbocycles. The molecule has 144 valence electrons. The first-order valence-corrected chi connectivity index (χ1v) is 9.93. The summed E-state index contributed by atoms with van der Waals surface area (Å²) in [6, 6.07) is 15.3. The van der Waals surface area contributed by atoms with Gasteiger partial charge in [0.2, 0.25) is 0 Å². The maximum absolute atomic E-state index is 5.93. The number of benzene rings is 2. The predicted octanol–water partition coefficient (Wildman–Crippen LogP) is 3.44. The van der Waals surface area contributed by atoms with Gasteiger partial charge in [0.15, 0.2) is 11.5 Å². The highest BCUT2D eigenvalue weighted by molar-refractivity contribution is 5.54. The van der Waals surface area contributed by atoms with Crippen molar-refractivity contribution in [2.75, 3.05) is 26.4 Å². The molecule has 27 heavy (non-hydrogen) atoms. The second kappa shape index (κ2) is 8.63. The Bertz CT molecular complexity index is 751. The summed E-state index contributed by atoms with van der Waals surface area (Å²) in [5.41, 5.74) is 2.38. The van der Waals surface area contributed by atoms with E-state index in [2.05, 4.69) is 41.0 Å². The Morgan fingerprint density at radius 3 is 2.81 bits per heavy atom. The van der Waals surface area contributed by atoms with Crippen molar-refractivity contribution in [2.24, 2.45) is 0 Å². The number of ether oxygens (including phenoxy) is 3. The summed E-state index contributed by atoms with van der Waals surface area (Å²) in [5, 5.41) is 7.43. The zero-order chi connectivity index (χ0) is 18.5. The van der Waals surface area contributed by atoms with Crippen LogP contribution in [-0.4, -0.2) is 32.4 Å². The average molecular weight is 368 g/mol. The van der Waals surface area contributed by atoms with Crippen LogP contribution in [0.3, 0.4) is 0 Å². The SMILES string of the molecule is CCOc1ccc2c(c1CN[C@H]1CCCN[C@H]1c1ccccc1)OCCO2. The van der Waals surface area contributed by atoms with Crippen molar-refractivity contribution in [3.8, 4) is 17.2 Å². The van der Waals surface area contributed by atoms with Crippen molar-refractivity contribution >= 4 is 0 Å². The second-order valence-electron chi connectivity index (χ2n) is 6.97. The van der Waals surface area contributed by atoms with Gasteiger partial charge in [-0.1, -0.05) is 30.3 Å². The fourth-order valence-electron chi connectivity index (χ4n) is 3.97. The Morgan fingerprint density at radius 1 is 1.11 bits per heavy atom. The molecule has 2 atom stereocenters. The lowest BCUT2D eigenvalue weighted by molar-refractivity contribution is 0.167. The lowest BCUT2D eigenvalue weighted by Crippen LogP contribution is -2.45. The lowest BCUT2D eigenvalue weighted by Gasteiger charge is -2.34. The van der Waals surface area contributed by atoms with Crippen LogP contribution in [0.2, 0.25) is 0 Å². The molecule has 0 unspecified atom stereocenters.